The first kappa shape index (κ1) is 20.2. The second kappa shape index (κ2) is 9.09. The first-order chi connectivity index (χ1) is 13.0. The van der Waals surface area contributed by atoms with Crippen LogP contribution in [-0.2, 0) is 13.2 Å². The average molecular weight is 514 g/mol. The molecule has 0 bridgehead atoms. The van der Waals surface area contributed by atoms with Gasteiger partial charge in [0.1, 0.15) is 18.2 Å². The molecule has 0 aliphatic carbocycles. The van der Waals surface area contributed by atoms with Crippen molar-refractivity contribution in [1.29, 1.82) is 0 Å². The molecule has 0 aromatic heterocycles. The molecule has 0 spiro atoms. The SMILES string of the molecule is Cc1c(Cl)cccc1NCc1cc(Br)cc(Br)c1OCc1ccccc1F. The van der Waals surface area contributed by atoms with E-state index in [1.165, 1.54) is 6.07 Å². The third-order valence-electron chi connectivity index (χ3n) is 4.15. The second-order valence-corrected chi connectivity index (χ2v) is 8.20. The molecule has 0 aliphatic heterocycles. The van der Waals surface area contributed by atoms with Crippen molar-refractivity contribution >= 4 is 49.1 Å². The fraction of sp³-hybridized carbons (Fsp3) is 0.143. The van der Waals surface area contributed by atoms with Gasteiger partial charge in [-0.25, -0.2) is 4.39 Å². The Balaban J connectivity index is 1.82. The average Bonchev–Trinajstić information content (AvgIpc) is 2.63. The van der Waals surface area contributed by atoms with Gasteiger partial charge in [-0.1, -0.05) is 51.8 Å². The normalized spacial score (nSPS) is 10.7. The summed E-state index contributed by atoms with van der Waals surface area (Å²) in [4.78, 5) is 0. The smallest absolute Gasteiger partial charge is 0.139 e. The van der Waals surface area contributed by atoms with Gasteiger partial charge in [-0.2, -0.15) is 0 Å². The van der Waals surface area contributed by atoms with Crippen LogP contribution in [0.4, 0.5) is 10.1 Å². The molecule has 2 nitrogen and oxygen atoms in total. The van der Waals surface area contributed by atoms with Gasteiger partial charge < -0.3 is 10.1 Å². The van der Waals surface area contributed by atoms with Crippen molar-refractivity contribution in [2.45, 2.75) is 20.1 Å². The molecule has 6 heteroatoms. The zero-order valence-corrected chi connectivity index (χ0v) is 18.5. The maximum absolute atomic E-state index is 13.9. The van der Waals surface area contributed by atoms with Crippen molar-refractivity contribution in [3.05, 3.63) is 91.1 Å². The van der Waals surface area contributed by atoms with E-state index < -0.39 is 0 Å². The number of halogens is 4. The quantitative estimate of drug-likeness (QED) is 0.368. The molecular weight excluding hydrogens is 496 g/mol. The van der Waals surface area contributed by atoms with Crippen LogP contribution < -0.4 is 10.1 Å². The summed E-state index contributed by atoms with van der Waals surface area (Å²) in [5.74, 6) is 0.397. The number of anilines is 1. The van der Waals surface area contributed by atoms with Gasteiger partial charge in [0.2, 0.25) is 0 Å². The van der Waals surface area contributed by atoms with Crippen LogP contribution in [0.1, 0.15) is 16.7 Å². The van der Waals surface area contributed by atoms with Gasteiger partial charge in [-0.15, -0.1) is 0 Å². The van der Waals surface area contributed by atoms with Gasteiger partial charge in [0.15, 0.2) is 0 Å². The van der Waals surface area contributed by atoms with E-state index in [1.54, 1.807) is 18.2 Å². The highest BCUT2D eigenvalue weighted by Crippen LogP contribution is 2.34. The summed E-state index contributed by atoms with van der Waals surface area (Å²) in [5.41, 5.74) is 3.39. The Labute approximate surface area is 180 Å². The lowest BCUT2D eigenvalue weighted by atomic mass is 10.1. The zero-order chi connectivity index (χ0) is 19.4. The first-order valence-electron chi connectivity index (χ1n) is 8.29. The molecule has 0 atom stereocenters. The van der Waals surface area contributed by atoms with Crippen LogP contribution in [0, 0.1) is 12.7 Å². The van der Waals surface area contributed by atoms with E-state index in [4.69, 9.17) is 16.3 Å². The van der Waals surface area contributed by atoms with Gasteiger partial charge in [-0.3, -0.25) is 0 Å². The van der Waals surface area contributed by atoms with Gasteiger partial charge in [0, 0.05) is 32.9 Å². The summed E-state index contributed by atoms with van der Waals surface area (Å²) >= 11 is 13.3. The van der Waals surface area contributed by atoms with Crippen LogP contribution in [-0.4, -0.2) is 0 Å². The van der Waals surface area contributed by atoms with Gasteiger partial charge in [0.05, 0.1) is 4.47 Å². The largest absolute Gasteiger partial charge is 0.487 e. The minimum Gasteiger partial charge on any atom is -0.487 e. The molecule has 0 radical (unpaired) electrons. The predicted octanol–water partition coefficient (Wildman–Crippen LogP) is 7.50. The lowest BCUT2D eigenvalue weighted by Gasteiger charge is -2.17. The zero-order valence-electron chi connectivity index (χ0n) is 14.5. The summed E-state index contributed by atoms with van der Waals surface area (Å²) in [5, 5.41) is 4.11. The molecule has 3 aromatic rings. The molecule has 0 aliphatic rings. The number of benzene rings is 3. The Kier molecular flexibility index (Phi) is 6.79. The Hall–Kier alpha value is -1.56. The summed E-state index contributed by atoms with van der Waals surface area (Å²) in [6.07, 6.45) is 0. The number of hydrogen-bond acceptors (Lipinski definition) is 2. The summed E-state index contributed by atoms with van der Waals surface area (Å²) < 4.78 is 21.6. The van der Waals surface area contributed by atoms with Crippen LogP contribution in [0.2, 0.25) is 5.02 Å². The minimum absolute atomic E-state index is 0.149. The summed E-state index contributed by atoms with van der Waals surface area (Å²) in [6.45, 7) is 2.65. The molecule has 0 fully saturated rings. The Morgan fingerprint density at radius 1 is 1.04 bits per heavy atom. The topological polar surface area (TPSA) is 21.3 Å². The molecule has 3 aromatic carbocycles. The van der Waals surface area contributed by atoms with E-state index in [0.717, 1.165) is 25.8 Å². The molecule has 0 heterocycles. The highest BCUT2D eigenvalue weighted by atomic mass is 79.9. The van der Waals surface area contributed by atoms with Crippen LogP contribution in [0.25, 0.3) is 0 Å². The molecule has 0 saturated carbocycles. The summed E-state index contributed by atoms with van der Waals surface area (Å²) in [7, 11) is 0. The third kappa shape index (κ3) is 5.03. The number of ether oxygens (including phenoxy) is 1. The fourth-order valence-corrected chi connectivity index (χ4v) is 4.26. The molecule has 27 heavy (non-hydrogen) atoms. The summed E-state index contributed by atoms with van der Waals surface area (Å²) in [6, 6.07) is 16.2. The molecule has 1 N–H and O–H groups in total. The van der Waals surface area contributed by atoms with Crippen molar-refractivity contribution in [3.8, 4) is 5.75 Å². The lowest BCUT2D eigenvalue weighted by molar-refractivity contribution is 0.295. The third-order valence-corrected chi connectivity index (χ3v) is 5.61. The molecule has 0 unspecified atom stereocenters. The predicted molar refractivity (Wildman–Crippen MR) is 116 cm³/mol. The van der Waals surface area contributed by atoms with Crippen molar-refractivity contribution < 1.29 is 9.13 Å². The standard InChI is InChI=1S/C21H17Br2ClFNO/c1-13-18(24)6-4-8-20(13)26-11-15-9-16(22)10-17(23)21(15)27-12-14-5-2-3-7-19(14)25/h2-10,26H,11-12H2,1H3. The van der Waals surface area contributed by atoms with E-state index in [9.17, 15) is 4.39 Å². The Bertz CT molecular complexity index is 965. The molecule has 0 amide bonds. The maximum atomic E-state index is 13.9. The Morgan fingerprint density at radius 2 is 1.81 bits per heavy atom. The molecule has 140 valence electrons. The van der Waals surface area contributed by atoms with Crippen molar-refractivity contribution in [2.24, 2.45) is 0 Å². The van der Waals surface area contributed by atoms with Crippen molar-refractivity contribution in [3.63, 3.8) is 0 Å². The van der Waals surface area contributed by atoms with Crippen LogP contribution in [0.15, 0.2) is 63.5 Å². The van der Waals surface area contributed by atoms with E-state index in [0.29, 0.717) is 22.9 Å². The van der Waals surface area contributed by atoms with E-state index >= 15 is 0 Å². The number of hydrogen-bond donors (Lipinski definition) is 1. The molecular formula is C21H17Br2ClFNO. The number of nitrogens with one attached hydrogen (secondary N) is 1. The monoisotopic (exact) mass is 511 g/mol. The van der Waals surface area contributed by atoms with Crippen molar-refractivity contribution in [1.82, 2.24) is 0 Å². The second-order valence-electron chi connectivity index (χ2n) is 6.02. The van der Waals surface area contributed by atoms with E-state index in [2.05, 4.69) is 37.2 Å². The van der Waals surface area contributed by atoms with Crippen LogP contribution in [0.3, 0.4) is 0 Å². The highest BCUT2D eigenvalue weighted by Gasteiger charge is 2.13. The van der Waals surface area contributed by atoms with Crippen LogP contribution >= 0.6 is 43.5 Å². The minimum atomic E-state index is -0.278. The van der Waals surface area contributed by atoms with Gasteiger partial charge in [-0.05, 0) is 58.7 Å². The van der Waals surface area contributed by atoms with Gasteiger partial charge >= 0.3 is 0 Å². The first-order valence-corrected chi connectivity index (χ1v) is 10.2. The lowest BCUT2D eigenvalue weighted by Crippen LogP contribution is -2.06. The number of rotatable bonds is 6. The Morgan fingerprint density at radius 3 is 2.59 bits per heavy atom. The van der Waals surface area contributed by atoms with E-state index in [1.807, 2.05) is 37.3 Å². The van der Waals surface area contributed by atoms with Crippen molar-refractivity contribution in [2.75, 3.05) is 5.32 Å². The fourth-order valence-electron chi connectivity index (χ4n) is 2.66. The van der Waals surface area contributed by atoms with Crippen LogP contribution in [0.5, 0.6) is 5.75 Å². The molecule has 0 saturated heterocycles. The maximum Gasteiger partial charge on any atom is 0.139 e. The van der Waals surface area contributed by atoms with Gasteiger partial charge in [0.25, 0.3) is 0 Å². The highest BCUT2D eigenvalue weighted by molar-refractivity contribution is 9.11. The van der Waals surface area contributed by atoms with E-state index in [-0.39, 0.29) is 12.4 Å². The molecule has 3 rings (SSSR count).